The molecule has 3 N–H and O–H groups in total. The Morgan fingerprint density at radius 2 is 1.86 bits per heavy atom. The number of hydrogen-bond acceptors (Lipinski definition) is 10. The van der Waals surface area contributed by atoms with Crippen LogP contribution in [0.4, 0.5) is 0 Å². The Hall–Kier alpha value is -4.21. The molecule has 4 aliphatic rings. The molecule has 3 heterocycles. The summed E-state index contributed by atoms with van der Waals surface area (Å²) < 4.78 is 10.9. The minimum atomic E-state index is -0.851. The Morgan fingerprint density at radius 3 is 2.47 bits per heavy atom. The van der Waals surface area contributed by atoms with Crippen molar-refractivity contribution in [2.75, 3.05) is 27.8 Å². The van der Waals surface area contributed by atoms with Gasteiger partial charge in [-0.1, -0.05) is 6.07 Å². The highest BCUT2D eigenvalue weighted by Crippen LogP contribution is 2.53. The summed E-state index contributed by atoms with van der Waals surface area (Å²) in [5.74, 6) is -1.31. The van der Waals surface area contributed by atoms with Gasteiger partial charge in [0.05, 0.1) is 32.4 Å². The SMILES string of the molecule is COC1=C(C)C(=O)C2=C(C1=O)[C@H](CNC(=O)[C@H](C)NC(C)=O)N1C(C2)[C@H]2c3c(cc(C)c(OC)c3O)C[C@@H]([C@@H]1C#N)N2C. The maximum absolute atomic E-state index is 13.9. The lowest BCUT2D eigenvalue weighted by atomic mass is 9.69. The summed E-state index contributed by atoms with van der Waals surface area (Å²) in [6.07, 6.45) is 0.609. The summed E-state index contributed by atoms with van der Waals surface area (Å²) in [4.78, 5) is 56.2. The summed E-state index contributed by atoms with van der Waals surface area (Å²) in [7, 11) is 4.74. The lowest BCUT2D eigenvalue weighted by molar-refractivity contribution is -0.128. The molecule has 0 radical (unpaired) electrons. The minimum Gasteiger partial charge on any atom is -0.504 e. The molecule has 5 rings (SSSR count). The highest BCUT2D eigenvalue weighted by atomic mass is 16.5. The zero-order valence-electron chi connectivity index (χ0n) is 25.4. The fourth-order valence-corrected chi connectivity index (χ4v) is 7.53. The van der Waals surface area contributed by atoms with E-state index < -0.39 is 41.9 Å². The van der Waals surface area contributed by atoms with Crippen LogP contribution in [-0.4, -0.2) is 96.3 Å². The van der Waals surface area contributed by atoms with Gasteiger partial charge < -0.3 is 25.2 Å². The molecule has 1 aromatic carbocycles. The van der Waals surface area contributed by atoms with Crippen LogP contribution in [0.25, 0.3) is 0 Å². The Kier molecular flexibility index (Phi) is 7.83. The van der Waals surface area contributed by atoms with Crippen molar-refractivity contribution in [3.8, 4) is 17.6 Å². The van der Waals surface area contributed by atoms with Gasteiger partial charge in [-0.15, -0.1) is 0 Å². The number of aromatic hydroxyl groups is 1. The van der Waals surface area contributed by atoms with Crippen LogP contribution < -0.4 is 15.4 Å². The van der Waals surface area contributed by atoms with E-state index in [-0.39, 0.29) is 53.4 Å². The summed E-state index contributed by atoms with van der Waals surface area (Å²) in [5.41, 5.74) is 3.05. The van der Waals surface area contributed by atoms with Gasteiger partial charge in [0.2, 0.25) is 17.6 Å². The second-order valence-corrected chi connectivity index (χ2v) is 11.7. The quantitative estimate of drug-likeness (QED) is 0.407. The molecule has 1 aromatic rings. The molecule has 228 valence electrons. The van der Waals surface area contributed by atoms with Crippen molar-refractivity contribution in [3.05, 3.63) is 45.2 Å². The van der Waals surface area contributed by atoms with Crippen molar-refractivity contribution in [2.24, 2.45) is 0 Å². The number of aryl methyl sites for hydroxylation is 1. The van der Waals surface area contributed by atoms with E-state index in [1.54, 1.807) is 13.8 Å². The van der Waals surface area contributed by atoms with E-state index in [1.165, 1.54) is 21.1 Å². The van der Waals surface area contributed by atoms with Crippen LogP contribution in [0.15, 0.2) is 28.5 Å². The molecular weight excluding hydrogens is 554 g/mol. The van der Waals surface area contributed by atoms with Crippen LogP contribution >= 0.6 is 0 Å². The number of nitriles is 1. The van der Waals surface area contributed by atoms with Crippen molar-refractivity contribution in [3.63, 3.8) is 0 Å². The van der Waals surface area contributed by atoms with Crippen LogP contribution in [0.1, 0.15) is 49.9 Å². The summed E-state index contributed by atoms with van der Waals surface area (Å²) in [5, 5.41) is 27.5. The first-order valence-electron chi connectivity index (χ1n) is 14.3. The number of ether oxygens (including phenoxy) is 2. The van der Waals surface area contributed by atoms with Crippen molar-refractivity contribution in [2.45, 2.75) is 76.8 Å². The number of carbonyl (C=O) groups is 4. The molecule has 6 atom stereocenters. The number of likely N-dealkylation sites (N-methyl/N-ethyl adjacent to an activating group) is 1. The number of nitrogens with zero attached hydrogens (tertiary/aromatic N) is 3. The lowest BCUT2D eigenvalue weighted by Crippen LogP contribution is -2.71. The number of ketones is 2. The summed E-state index contributed by atoms with van der Waals surface area (Å²) >= 11 is 0. The van der Waals surface area contributed by atoms with Crippen LogP contribution in [0.5, 0.6) is 11.5 Å². The van der Waals surface area contributed by atoms with Gasteiger partial charge in [-0.25, -0.2) is 0 Å². The van der Waals surface area contributed by atoms with Gasteiger partial charge in [0.25, 0.3) is 0 Å². The molecule has 1 saturated heterocycles. The lowest BCUT2D eigenvalue weighted by Gasteiger charge is -2.60. The van der Waals surface area contributed by atoms with Crippen molar-refractivity contribution in [1.29, 1.82) is 5.26 Å². The number of methoxy groups -OCH3 is 2. The normalized spacial score (nSPS) is 27.4. The van der Waals surface area contributed by atoms with E-state index >= 15 is 0 Å². The second-order valence-electron chi connectivity index (χ2n) is 11.7. The number of hydrogen-bond donors (Lipinski definition) is 3. The number of piperazine rings is 1. The van der Waals surface area contributed by atoms with Gasteiger partial charge in [0.1, 0.15) is 12.1 Å². The standard InChI is InChI=1S/C31H37N5O7/c1-13-8-17-9-19-21(11-32)36-20(25(35(19)5)23(17)27(39)29(13)42-6)10-18-24(28(40)30(43-7)14(2)26(18)38)22(36)12-33-31(41)15(3)34-16(4)37/h8,15,19-22,25,39H,9-10,12H2,1-7H3,(H,33,41)(H,34,37)/t15-,19-,20?,21-,22-,25-/m0/s1. The van der Waals surface area contributed by atoms with Crippen LogP contribution in [0.3, 0.4) is 0 Å². The molecule has 1 aliphatic carbocycles. The van der Waals surface area contributed by atoms with E-state index in [9.17, 15) is 29.5 Å². The molecule has 0 saturated carbocycles. The third-order valence-corrected chi connectivity index (χ3v) is 9.35. The van der Waals surface area contributed by atoms with Crippen LogP contribution in [-0.2, 0) is 30.3 Å². The molecule has 1 fully saturated rings. The first-order valence-corrected chi connectivity index (χ1v) is 14.3. The van der Waals surface area contributed by atoms with Crippen LogP contribution in [0.2, 0.25) is 0 Å². The highest BCUT2D eigenvalue weighted by Gasteiger charge is 2.57. The van der Waals surface area contributed by atoms with Gasteiger partial charge in [-0.2, -0.15) is 5.26 Å². The maximum Gasteiger partial charge on any atom is 0.242 e. The van der Waals surface area contributed by atoms with Crippen molar-refractivity contribution in [1.82, 2.24) is 20.4 Å². The first-order chi connectivity index (χ1) is 20.4. The van der Waals surface area contributed by atoms with Gasteiger partial charge >= 0.3 is 0 Å². The van der Waals surface area contributed by atoms with Crippen molar-refractivity contribution >= 4 is 23.4 Å². The van der Waals surface area contributed by atoms with Crippen LogP contribution in [0, 0.1) is 18.3 Å². The first kappa shape index (κ1) is 30.3. The number of phenolic OH excluding ortho intramolecular Hbond substituents is 1. The van der Waals surface area contributed by atoms with Crippen molar-refractivity contribution < 1.29 is 33.8 Å². The second kappa shape index (κ2) is 11.1. The number of nitrogens with one attached hydrogen (secondary N) is 2. The Bertz CT molecular complexity index is 1540. The fourth-order valence-electron chi connectivity index (χ4n) is 7.53. The number of benzene rings is 1. The van der Waals surface area contributed by atoms with E-state index in [1.807, 2.05) is 24.9 Å². The molecule has 2 amide bonds. The number of amides is 2. The van der Waals surface area contributed by atoms with Gasteiger partial charge in [-0.05, 0) is 51.8 Å². The highest BCUT2D eigenvalue weighted by molar-refractivity contribution is 6.25. The fraction of sp³-hybridized carbons (Fsp3) is 0.516. The van der Waals surface area contributed by atoms with Gasteiger partial charge in [0, 0.05) is 47.8 Å². The number of rotatable bonds is 6. The zero-order valence-corrected chi connectivity index (χ0v) is 25.4. The molecule has 43 heavy (non-hydrogen) atoms. The molecule has 0 aromatic heterocycles. The third-order valence-electron chi connectivity index (χ3n) is 9.35. The average molecular weight is 592 g/mol. The number of phenols is 1. The number of Topliss-reactive ketones (excluding diaryl/α,β-unsaturated/α-hetero) is 2. The average Bonchev–Trinajstić information content (AvgIpc) is 2.95. The molecule has 2 bridgehead atoms. The molecule has 0 spiro atoms. The summed E-state index contributed by atoms with van der Waals surface area (Å²) in [6, 6.07) is 0.763. The molecule has 12 nitrogen and oxygen atoms in total. The van der Waals surface area contributed by atoms with E-state index in [2.05, 4.69) is 21.6 Å². The minimum absolute atomic E-state index is 0.0145. The smallest absolute Gasteiger partial charge is 0.242 e. The molecular formula is C31H37N5O7. The molecule has 12 heteroatoms. The number of fused-ring (bicyclic) bond motifs is 6. The Balaban J connectivity index is 1.67. The predicted octanol–water partition coefficient (Wildman–Crippen LogP) is 0.965. The monoisotopic (exact) mass is 591 g/mol. The number of carbonyl (C=O) groups excluding carboxylic acids is 4. The van der Waals surface area contributed by atoms with E-state index in [4.69, 9.17) is 9.47 Å². The predicted molar refractivity (Wildman–Crippen MR) is 154 cm³/mol. The summed E-state index contributed by atoms with van der Waals surface area (Å²) in [6.45, 7) is 6.17. The van der Waals surface area contributed by atoms with Gasteiger partial charge in [-0.3, -0.25) is 29.0 Å². The van der Waals surface area contributed by atoms with E-state index in [0.29, 0.717) is 23.3 Å². The van der Waals surface area contributed by atoms with Gasteiger partial charge in [0.15, 0.2) is 23.0 Å². The van der Waals surface area contributed by atoms with E-state index in [0.717, 1.165) is 11.1 Å². The molecule has 3 aliphatic heterocycles. The molecule has 1 unspecified atom stereocenters. The largest absolute Gasteiger partial charge is 0.504 e. The topological polar surface area (TPSA) is 161 Å². The Morgan fingerprint density at radius 1 is 1.16 bits per heavy atom. The zero-order chi connectivity index (χ0) is 31.5. The maximum atomic E-state index is 13.9. The number of allylic oxidation sites excluding steroid dienone is 2. The third kappa shape index (κ3) is 4.58. The Labute approximate surface area is 250 Å².